The van der Waals surface area contributed by atoms with Crippen molar-refractivity contribution in [1.29, 1.82) is 0 Å². The maximum absolute atomic E-state index is 5.95. The van der Waals surface area contributed by atoms with Gasteiger partial charge in [0, 0.05) is 17.2 Å². The predicted octanol–water partition coefficient (Wildman–Crippen LogP) is 4.24. The van der Waals surface area contributed by atoms with Crippen molar-refractivity contribution in [2.24, 2.45) is 5.92 Å². The molecule has 2 atom stereocenters. The molecular weight excluding hydrogens is 276 g/mol. The molecule has 1 aromatic carbocycles. The number of hydrogen-bond acceptors (Lipinski definition) is 4. The van der Waals surface area contributed by atoms with Crippen LogP contribution in [0.5, 0.6) is 5.75 Å². The van der Waals surface area contributed by atoms with Gasteiger partial charge in [-0.25, -0.2) is 0 Å². The van der Waals surface area contributed by atoms with Gasteiger partial charge in [0.1, 0.15) is 16.3 Å². The molecule has 0 amide bonds. The maximum Gasteiger partial charge on any atom is 0.125 e. The van der Waals surface area contributed by atoms with Crippen molar-refractivity contribution in [2.45, 2.75) is 11.7 Å². The lowest BCUT2D eigenvalue weighted by molar-refractivity contribution is 0.199. The van der Waals surface area contributed by atoms with E-state index in [9.17, 15) is 0 Å². The summed E-state index contributed by atoms with van der Waals surface area (Å²) in [6, 6.07) is 10.5. The lowest BCUT2D eigenvalue weighted by Crippen LogP contribution is -2.38. The lowest BCUT2D eigenvalue weighted by Gasteiger charge is -2.37. The summed E-state index contributed by atoms with van der Waals surface area (Å²) in [5.41, 5.74) is 2.54. The van der Waals surface area contributed by atoms with Crippen LogP contribution in [0, 0.1) is 12.8 Å². The minimum atomic E-state index is -0.0756. The van der Waals surface area contributed by atoms with Crippen LogP contribution in [0.25, 0.3) is 0 Å². The molecular formula is C15H14O2S2. The monoisotopic (exact) mass is 290 g/mol. The fraction of sp³-hybridized carbons (Fsp3) is 0.333. The van der Waals surface area contributed by atoms with Gasteiger partial charge in [-0.3, -0.25) is 0 Å². The zero-order valence-corrected chi connectivity index (χ0v) is 12.2. The molecule has 2 aliphatic heterocycles. The number of benzene rings is 1. The van der Waals surface area contributed by atoms with Crippen LogP contribution in [0.4, 0.5) is 0 Å². The van der Waals surface area contributed by atoms with Crippen molar-refractivity contribution in [1.82, 2.24) is 0 Å². The molecule has 2 nitrogen and oxygen atoms in total. The second-order valence-corrected chi connectivity index (χ2v) is 7.68. The van der Waals surface area contributed by atoms with Gasteiger partial charge in [0.25, 0.3) is 0 Å². The van der Waals surface area contributed by atoms with Gasteiger partial charge >= 0.3 is 0 Å². The average Bonchev–Trinajstić information content (AvgIpc) is 3.08. The molecule has 3 heterocycles. The first-order valence-corrected chi connectivity index (χ1v) is 8.71. The van der Waals surface area contributed by atoms with Gasteiger partial charge in [-0.05, 0) is 25.1 Å². The molecule has 0 spiro atoms. The van der Waals surface area contributed by atoms with Crippen LogP contribution in [0.1, 0.15) is 16.9 Å². The first-order valence-electron chi connectivity index (χ1n) is 6.39. The zero-order chi connectivity index (χ0) is 12.9. The highest BCUT2D eigenvalue weighted by atomic mass is 33.1. The van der Waals surface area contributed by atoms with E-state index in [4.69, 9.17) is 9.15 Å². The molecule has 0 N–H and O–H groups in total. The highest BCUT2D eigenvalue weighted by Gasteiger charge is 2.53. The molecule has 98 valence electrons. The number of furan rings is 1. The van der Waals surface area contributed by atoms with Crippen molar-refractivity contribution >= 4 is 21.6 Å². The minimum absolute atomic E-state index is 0.0756. The van der Waals surface area contributed by atoms with E-state index < -0.39 is 0 Å². The molecule has 1 fully saturated rings. The highest BCUT2D eigenvalue weighted by molar-refractivity contribution is 8.77. The van der Waals surface area contributed by atoms with E-state index in [2.05, 4.69) is 31.2 Å². The van der Waals surface area contributed by atoms with E-state index >= 15 is 0 Å². The van der Waals surface area contributed by atoms with E-state index in [-0.39, 0.29) is 4.75 Å². The third-order valence-electron chi connectivity index (χ3n) is 3.90. The van der Waals surface area contributed by atoms with Crippen molar-refractivity contribution in [3.63, 3.8) is 0 Å². The Kier molecular flexibility index (Phi) is 2.64. The molecule has 4 heteroatoms. The number of aryl methyl sites for hydroxylation is 1. The SMILES string of the molecule is Cc1ccc2c(c1)[C@@]1(c3ccco3)SSC[C@@H]1CO2. The molecule has 0 unspecified atom stereocenters. The molecule has 4 rings (SSSR count). The molecule has 0 aliphatic carbocycles. The summed E-state index contributed by atoms with van der Waals surface area (Å²) < 4.78 is 11.7. The Balaban J connectivity index is 1.98. The zero-order valence-electron chi connectivity index (χ0n) is 10.6. The highest BCUT2D eigenvalue weighted by Crippen LogP contribution is 2.63. The summed E-state index contributed by atoms with van der Waals surface area (Å²) in [5.74, 6) is 3.65. The quantitative estimate of drug-likeness (QED) is 0.733. The fourth-order valence-corrected chi connectivity index (χ4v) is 6.72. The van der Waals surface area contributed by atoms with Gasteiger partial charge in [0.2, 0.25) is 0 Å². The number of rotatable bonds is 1. The molecule has 1 aromatic heterocycles. The second-order valence-electron chi connectivity index (χ2n) is 5.09. The standard InChI is InChI=1S/C15H14O2S2/c1-10-4-5-13-12(7-10)15(14-3-2-6-16-14)11(8-17-13)9-18-19-15/h2-7,11H,8-9H2,1H3/t11-,15-/m0/s1. The van der Waals surface area contributed by atoms with Crippen molar-refractivity contribution < 1.29 is 9.15 Å². The van der Waals surface area contributed by atoms with Crippen LogP contribution in [0.2, 0.25) is 0 Å². The minimum Gasteiger partial charge on any atom is -0.493 e. The van der Waals surface area contributed by atoms with E-state index in [0.717, 1.165) is 23.9 Å². The number of ether oxygens (including phenoxy) is 1. The molecule has 2 aromatic rings. The third-order valence-corrected chi connectivity index (χ3v) is 7.12. The van der Waals surface area contributed by atoms with Gasteiger partial charge in [0.15, 0.2) is 0 Å². The van der Waals surface area contributed by atoms with Gasteiger partial charge in [-0.1, -0.05) is 39.3 Å². The number of fused-ring (bicyclic) bond motifs is 3. The number of hydrogen-bond donors (Lipinski definition) is 0. The molecule has 0 radical (unpaired) electrons. The summed E-state index contributed by atoms with van der Waals surface area (Å²) in [7, 11) is 3.85. The summed E-state index contributed by atoms with van der Waals surface area (Å²) in [6.45, 7) is 2.91. The Morgan fingerprint density at radius 2 is 2.26 bits per heavy atom. The second kappa shape index (κ2) is 4.25. The first kappa shape index (κ1) is 11.8. The average molecular weight is 290 g/mol. The van der Waals surface area contributed by atoms with E-state index in [1.54, 1.807) is 6.26 Å². The molecule has 0 saturated carbocycles. The first-order chi connectivity index (χ1) is 9.30. The molecule has 1 saturated heterocycles. The smallest absolute Gasteiger partial charge is 0.125 e. The Bertz CT molecular complexity index is 609. The fourth-order valence-electron chi connectivity index (χ4n) is 2.94. The van der Waals surface area contributed by atoms with Crippen LogP contribution in [0.15, 0.2) is 41.0 Å². The third kappa shape index (κ3) is 1.59. The lowest BCUT2D eigenvalue weighted by atomic mass is 9.81. The molecule has 0 bridgehead atoms. The van der Waals surface area contributed by atoms with Crippen molar-refractivity contribution in [3.8, 4) is 5.75 Å². The van der Waals surface area contributed by atoms with Crippen molar-refractivity contribution in [3.05, 3.63) is 53.5 Å². The van der Waals surface area contributed by atoms with Crippen LogP contribution in [0.3, 0.4) is 0 Å². The summed E-state index contributed by atoms with van der Waals surface area (Å²) >= 11 is 0. The topological polar surface area (TPSA) is 22.4 Å². The van der Waals surface area contributed by atoms with Crippen molar-refractivity contribution in [2.75, 3.05) is 12.4 Å². The van der Waals surface area contributed by atoms with Crippen LogP contribution >= 0.6 is 21.6 Å². The van der Waals surface area contributed by atoms with Crippen LogP contribution < -0.4 is 4.74 Å². The Morgan fingerprint density at radius 1 is 1.32 bits per heavy atom. The van der Waals surface area contributed by atoms with Gasteiger partial charge in [-0.15, -0.1) is 0 Å². The summed E-state index contributed by atoms with van der Waals surface area (Å²) in [6.07, 6.45) is 1.77. The summed E-state index contributed by atoms with van der Waals surface area (Å²) in [5, 5.41) is 0. The molecule has 19 heavy (non-hydrogen) atoms. The van der Waals surface area contributed by atoms with Crippen LogP contribution in [-0.4, -0.2) is 12.4 Å². The maximum atomic E-state index is 5.95. The van der Waals surface area contributed by atoms with E-state index in [1.807, 2.05) is 27.7 Å². The van der Waals surface area contributed by atoms with Gasteiger partial charge < -0.3 is 9.15 Å². The Hall–Kier alpha value is -1.00. The summed E-state index contributed by atoms with van der Waals surface area (Å²) in [4.78, 5) is 0. The van der Waals surface area contributed by atoms with Crippen LogP contribution in [-0.2, 0) is 4.75 Å². The normalized spacial score (nSPS) is 28.6. The predicted molar refractivity (Wildman–Crippen MR) is 79.7 cm³/mol. The van der Waals surface area contributed by atoms with Gasteiger partial charge in [-0.2, -0.15) is 0 Å². The molecule has 2 aliphatic rings. The largest absolute Gasteiger partial charge is 0.493 e. The van der Waals surface area contributed by atoms with E-state index in [1.165, 1.54) is 11.1 Å². The Morgan fingerprint density at radius 3 is 3.11 bits per heavy atom. The van der Waals surface area contributed by atoms with Gasteiger partial charge in [0.05, 0.1) is 12.9 Å². The van der Waals surface area contributed by atoms with E-state index in [0.29, 0.717) is 5.92 Å². The Labute approximate surface area is 120 Å².